The SMILES string of the molecule is Cc1ccccc1OCC1CCCN(C(=O)c2cccn3cnnc23)C1. The molecule has 0 N–H and O–H groups in total. The van der Waals surface area contributed by atoms with Crippen LogP contribution in [0.25, 0.3) is 5.65 Å². The number of amides is 1. The fraction of sp³-hybridized carbons (Fsp3) is 0.350. The van der Waals surface area contributed by atoms with E-state index in [1.807, 2.05) is 54.4 Å². The zero-order valence-electron chi connectivity index (χ0n) is 14.8. The van der Waals surface area contributed by atoms with E-state index in [1.165, 1.54) is 0 Å². The van der Waals surface area contributed by atoms with Crippen LogP contribution in [0.5, 0.6) is 5.75 Å². The van der Waals surface area contributed by atoms with Crippen molar-refractivity contribution in [2.24, 2.45) is 5.92 Å². The smallest absolute Gasteiger partial charge is 0.257 e. The van der Waals surface area contributed by atoms with Gasteiger partial charge >= 0.3 is 0 Å². The summed E-state index contributed by atoms with van der Waals surface area (Å²) in [4.78, 5) is 14.9. The van der Waals surface area contributed by atoms with E-state index in [0.717, 1.165) is 30.7 Å². The summed E-state index contributed by atoms with van der Waals surface area (Å²) >= 11 is 0. The number of aryl methyl sites for hydroxylation is 1. The molecule has 1 amide bonds. The molecule has 1 saturated heterocycles. The van der Waals surface area contributed by atoms with Crippen LogP contribution in [0.1, 0.15) is 28.8 Å². The molecule has 6 heteroatoms. The molecule has 1 atom stereocenters. The van der Waals surface area contributed by atoms with Gasteiger partial charge in [-0.2, -0.15) is 0 Å². The van der Waals surface area contributed by atoms with E-state index in [2.05, 4.69) is 10.2 Å². The van der Waals surface area contributed by atoms with E-state index in [9.17, 15) is 4.79 Å². The van der Waals surface area contributed by atoms with Crippen molar-refractivity contribution in [3.63, 3.8) is 0 Å². The molecule has 0 aliphatic carbocycles. The van der Waals surface area contributed by atoms with E-state index in [4.69, 9.17) is 4.74 Å². The van der Waals surface area contributed by atoms with Gasteiger partial charge in [0, 0.05) is 25.2 Å². The average molecular weight is 350 g/mol. The van der Waals surface area contributed by atoms with Gasteiger partial charge in [-0.15, -0.1) is 10.2 Å². The molecule has 1 aromatic carbocycles. The molecule has 0 bridgehead atoms. The number of para-hydroxylation sites is 1. The van der Waals surface area contributed by atoms with E-state index in [0.29, 0.717) is 30.3 Å². The second-order valence-electron chi connectivity index (χ2n) is 6.82. The first-order chi connectivity index (χ1) is 12.7. The molecule has 1 aliphatic rings. The topological polar surface area (TPSA) is 59.7 Å². The van der Waals surface area contributed by atoms with Gasteiger partial charge in [0.1, 0.15) is 12.1 Å². The molecule has 1 fully saturated rings. The van der Waals surface area contributed by atoms with Crippen LogP contribution in [-0.4, -0.2) is 45.1 Å². The van der Waals surface area contributed by atoms with Gasteiger partial charge in [0.2, 0.25) is 0 Å². The highest BCUT2D eigenvalue weighted by atomic mass is 16.5. The Morgan fingerprint density at radius 2 is 2.15 bits per heavy atom. The number of aromatic nitrogens is 3. The number of rotatable bonds is 4. The normalized spacial score (nSPS) is 17.4. The fourth-order valence-corrected chi connectivity index (χ4v) is 3.50. The molecule has 6 nitrogen and oxygen atoms in total. The zero-order valence-corrected chi connectivity index (χ0v) is 14.8. The molecule has 4 rings (SSSR count). The van der Waals surface area contributed by atoms with Crippen LogP contribution < -0.4 is 4.74 Å². The Bertz CT molecular complexity index is 921. The summed E-state index contributed by atoms with van der Waals surface area (Å²) in [7, 11) is 0. The van der Waals surface area contributed by atoms with Gasteiger partial charge < -0.3 is 9.64 Å². The number of carbonyl (C=O) groups is 1. The van der Waals surface area contributed by atoms with Gasteiger partial charge in [0.05, 0.1) is 12.2 Å². The predicted octanol–water partition coefficient (Wildman–Crippen LogP) is 2.97. The van der Waals surface area contributed by atoms with E-state index >= 15 is 0 Å². The third kappa shape index (κ3) is 3.27. The van der Waals surface area contributed by atoms with Crippen molar-refractivity contribution in [1.29, 1.82) is 0 Å². The fourth-order valence-electron chi connectivity index (χ4n) is 3.50. The van der Waals surface area contributed by atoms with E-state index < -0.39 is 0 Å². The Morgan fingerprint density at radius 3 is 3.04 bits per heavy atom. The molecule has 0 saturated carbocycles. The van der Waals surface area contributed by atoms with Crippen molar-refractivity contribution in [3.8, 4) is 5.75 Å². The first kappa shape index (κ1) is 16.6. The lowest BCUT2D eigenvalue weighted by atomic mass is 9.98. The minimum absolute atomic E-state index is 0.0178. The van der Waals surface area contributed by atoms with Crippen molar-refractivity contribution in [1.82, 2.24) is 19.5 Å². The number of fused-ring (bicyclic) bond motifs is 1. The highest BCUT2D eigenvalue weighted by Gasteiger charge is 2.26. The lowest BCUT2D eigenvalue weighted by molar-refractivity contribution is 0.0634. The number of piperidine rings is 1. The maximum atomic E-state index is 13.0. The van der Waals surface area contributed by atoms with Crippen LogP contribution in [0.15, 0.2) is 48.9 Å². The van der Waals surface area contributed by atoms with Gasteiger partial charge in [-0.05, 0) is 43.5 Å². The third-order valence-electron chi connectivity index (χ3n) is 4.93. The first-order valence-electron chi connectivity index (χ1n) is 8.98. The second kappa shape index (κ2) is 7.15. The lowest BCUT2D eigenvalue weighted by Gasteiger charge is -2.32. The summed E-state index contributed by atoms with van der Waals surface area (Å²) < 4.78 is 7.78. The van der Waals surface area contributed by atoms with Gasteiger partial charge in [-0.3, -0.25) is 9.20 Å². The summed E-state index contributed by atoms with van der Waals surface area (Å²) in [5.74, 6) is 1.28. The van der Waals surface area contributed by atoms with Crippen LogP contribution in [0.3, 0.4) is 0 Å². The molecule has 2 aromatic heterocycles. The van der Waals surface area contributed by atoms with Crippen LogP contribution in [0, 0.1) is 12.8 Å². The minimum Gasteiger partial charge on any atom is -0.493 e. The Balaban J connectivity index is 1.44. The predicted molar refractivity (Wildman–Crippen MR) is 98.3 cm³/mol. The zero-order chi connectivity index (χ0) is 17.9. The third-order valence-corrected chi connectivity index (χ3v) is 4.93. The Kier molecular flexibility index (Phi) is 4.56. The van der Waals surface area contributed by atoms with Crippen molar-refractivity contribution in [2.75, 3.05) is 19.7 Å². The molecular formula is C20H22N4O2. The van der Waals surface area contributed by atoms with Crippen LogP contribution in [-0.2, 0) is 0 Å². The van der Waals surface area contributed by atoms with Crippen molar-refractivity contribution in [2.45, 2.75) is 19.8 Å². The summed E-state index contributed by atoms with van der Waals surface area (Å²) in [6.07, 6.45) is 5.52. The largest absolute Gasteiger partial charge is 0.493 e. The Labute approximate surface area is 152 Å². The number of benzene rings is 1. The first-order valence-corrected chi connectivity index (χ1v) is 8.98. The number of likely N-dealkylation sites (tertiary alicyclic amines) is 1. The molecular weight excluding hydrogens is 328 g/mol. The molecule has 1 aliphatic heterocycles. The van der Waals surface area contributed by atoms with Crippen molar-refractivity contribution < 1.29 is 9.53 Å². The van der Waals surface area contributed by atoms with Crippen molar-refractivity contribution >= 4 is 11.6 Å². The molecule has 3 aromatic rings. The van der Waals surface area contributed by atoms with Crippen molar-refractivity contribution in [3.05, 3.63) is 60.0 Å². The van der Waals surface area contributed by atoms with Crippen LogP contribution in [0.2, 0.25) is 0 Å². The van der Waals surface area contributed by atoms with E-state index in [1.54, 1.807) is 10.7 Å². The number of hydrogen-bond donors (Lipinski definition) is 0. The standard InChI is InChI=1S/C20H22N4O2/c1-15-6-2-3-9-18(15)26-13-16-7-4-10-23(12-16)20(25)17-8-5-11-24-14-21-22-19(17)24/h2-3,5-6,8-9,11,14,16H,4,7,10,12-13H2,1H3. The van der Waals surface area contributed by atoms with Gasteiger partial charge in [-0.25, -0.2) is 0 Å². The Morgan fingerprint density at radius 1 is 1.27 bits per heavy atom. The number of nitrogens with zero attached hydrogens (tertiary/aromatic N) is 4. The Hall–Kier alpha value is -2.89. The average Bonchev–Trinajstić information content (AvgIpc) is 3.16. The molecule has 1 unspecified atom stereocenters. The summed E-state index contributed by atoms with van der Waals surface area (Å²) in [5.41, 5.74) is 2.34. The highest BCUT2D eigenvalue weighted by molar-refractivity contribution is 5.99. The van der Waals surface area contributed by atoms with E-state index in [-0.39, 0.29) is 5.91 Å². The summed E-state index contributed by atoms with van der Waals surface area (Å²) in [6.45, 7) is 4.16. The monoisotopic (exact) mass is 350 g/mol. The van der Waals surface area contributed by atoms with Crippen LogP contribution in [0.4, 0.5) is 0 Å². The number of hydrogen-bond acceptors (Lipinski definition) is 4. The van der Waals surface area contributed by atoms with Gasteiger partial charge in [0.25, 0.3) is 5.91 Å². The van der Waals surface area contributed by atoms with Gasteiger partial charge in [0.15, 0.2) is 5.65 Å². The van der Waals surface area contributed by atoms with Gasteiger partial charge in [-0.1, -0.05) is 18.2 Å². The minimum atomic E-state index is 0.0178. The maximum absolute atomic E-state index is 13.0. The quantitative estimate of drug-likeness (QED) is 0.726. The lowest BCUT2D eigenvalue weighted by Crippen LogP contribution is -2.41. The molecule has 26 heavy (non-hydrogen) atoms. The van der Waals surface area contributed by atoms with Crippen LogP contribution >= 0.6 is 0 Å². The number of carbonyl (C=O) groups excluding carboxylic acids is 1. The molecule has 134 valence electrons. The summed E-state index contributed by atoms with van der Waals surface area (Å²) in [5, 5.41) is 7.98. The maximum Gasteiger partial charge on any atom is 0.257 e. The number of pyridine rings is 1. The second-order valence-corrected chi connectivity index (χ2v) is 6.82. The summed E-state index contributed by atoms with van der Waals surface area (Å²) in [6, 6.07) is 11.7. The molecule has 0 spiro atoms. The molecule has 0 radical (unpaired) electrons. The number of ether oxygens (including phenoxy) is 1. The highest BCUT2D eigenvalue weighted by Crippen LogP contribution is 2.23. The molecule has 3 heterocycles.